The smallest absolute Gasteiger partial charge is 0.145 e. The van der Waals surface area contributed by atoms with Crippen molar-refractivity contribution >= 4 is 11.6 Å². The Hall–Kier alpha value is -1.40. The normalized spacial score (nSPS) is 15.1. The first-order chi connectivity index (χ1) is 9.28. The molecule has 1 fully saturated rings. The van der Waals surface area contributed by atoms with E-state index in [0.717, 1.165) is 24.5 Å². The number of hydrogen-bond acceptors (Lipinski definition) is 6. The molecular weight excluding hydrogens is 242 g/mol. The number of nitrogens with zero attached hydrogens (tertiary/aromatic N) is 3. The minimum atomic E-state index is 0.134. The number of hydrogen-bond donors (Lipinski definition) is 3. The maximum atomic E-state index is 9.24. The van der Waals surface area contributed by atoms with E-state index in [-0.39, 0.29) is 6.61 Å². The van der Waals surface area contributed by atoms with Gasteiger partial charge in [0.05, 0.1) is 6.61 Å². The zero-order chi connectivity index (χ0) is 13.7. The first-order valence-electron chi connectivity index (χ1n) is 7.00. The van der Waals surface area contributed by atoms with Gasteiger partial charge in [-0.3, -0.25) is 0 Å². The molecule has 4 N–H and O–H groups in total. The SMILES string of the molecule is CCCc1nc(NN)cc(N(CCO)C2CCC2)n1. The molecule has 0 bridgehead atoms. The van der Waals surface area contributed by atoms with Gasteiger partial charge in [-0.2, -0.15) is 0 Å². The van der Waals surface area contributed by atoms with Gasteiger partial charge in [0.2, 0.25) is 0 Å². The number of hydrazine groups is 1. The minimum Gasteiger partial charge on any atom is -0.395 e. The van der Waals surface area contributed by atoms with E-state index < -0.39 is 0 Å². The van der Waals surface area contributed by atoms with Crippen molar-refractivity contribution < 1.29 is 5.11 Å². The topological polar surface area (TPSA) is 87.3 Å². The van der Waals surface area contributed by atoms with Crippen LogP contribution >= 0.6 is 0 Å². The highest BCUT2D eigenvalue weighted by atomic mass is 16.3. The molecule has 6 nitrogen and oxygen atoms in total. The van der Waals surface area contributed by atoms with Crippen molar-refractivity contribution in [3.8, 4) is 0 Å². The van der Waals surface area contributed by atoms with Gasteiger partial charge in [-0.1, -0.05) is 6.92 Å². The highest BCUT2D eigenvalue weighted by Crippen LogP contribution is 2.29. The van der Waals surface area contributed by atoms with Crippen molar-refractivity contribution in [2.24, 2.45) is 5.84 Å². The average Bonchev–Trinajstić information content (AvgIpc) is 2.36. The Bertz CT molecular complexity index is 408. The average molecular weight is 265 g/mol. The van der Waals surface area contributed by atoms with E-state index in [4.69, 9.17) is 5.84 Å². The van der Waals surface area contributed by atoms with E-state index in [2.05, 4.69) is 27.2 Å². The van der Waals surface area contributed by atoms with E-state index in [1.54, 1.807) is 0 Å². The van der Waals surface area contributed by atoms with Crippen molar-refractivity contribution in [1.29, 1.82) is 0 Å². The molecule has 106 valence electrons. The molecule has 0 radical (unpaired) electrons. The van der Waals surface area contributed by atoms with Gasteiger partial charge < -0.3 is 15.4 Å². The highest BCUT2D eigenvalue weighted by molar-refractivity contribution is 5.50. The molecule has 0 unspecified atom stereocenters. The van der Waals surface area contributed by atoms with E-state index in [1.807, 2.05) is 6.07 Å². The van der Waals surface area contributed by atoms with E-state index in [9.17, 15) is 5.11 Å². The second-order valence-electron chi connectivity index (χ2n) is 4.92. The van der Waals surface area contributed by atoms with Crippen molar-refractivity contribution in [2.75, 3.05) is 23.5 Å². The van der Waals surface area contributed by atoms with Gasteiger partial charge in [-0.05, 0) is 25.7 Å². The van der Waals surface area contributed by atoms with Gasteiger partial charge >= 0.3 is 0 Å². The molecule has 1 heterocycles. The number of aryl methyl sites for hydroxylation is 1. The summed E-state index contributed by atoms with van der Waals surface area (Å²) in [6.07, 6.45) is 5.41. The quantitative estimate of drug-likeness (QED) is 0.505. The number of aromatic nitrogens is 2. The summed E-state index contributed by atoms with van der Waals surface area (Å²) in [5.74, 6) is 7.77. The summed E-state index contributed by atoms with van der Waals surface area (Å²) < 4.78 is 0. The summed E-state index contributed by atoms with van der Waals surface area (Å²) >= 11 is 0. The predicted molar refractivity (Wildman–Crippen MR) is 75.9 cm³/mol. The summed E-state index contributed by atoms with van der Waals surface area (Å²) in [6.45, 7) is 2.84. The van der Waals surface area contributed by atoms with Crippen LogP contribution in [0.3, 0.4) is 0 Å². The van der Waals surface area contributed by atoms with Crippen molar-refractivity contribution in [2.45, 2.75) is 45.1 Å². The maximum absolute atomic E-state index is 9.24. The summed E-state index contributed by atoms with van der Waals surface area (Å²) in [5, 5.41) is 9.24. The number of nitrogens with two attached hydrogens (primary N) is 1. The van der Waals surface area contributed by atoms with Gasteiger partial charge in [0.15, 0.2) is 0 Å². The molecule has 2 rings (SSSR count). The lowest BCUT2D eigenvalue weighted by atomic mass is 9.91. The minimum absolute atomic E-state index is 0.134. The summed E-state index contributed by atoms with van der Waals surface area (Å²) in [5.41, 5.74) is 2.60. The van der Waals surface area contributed by atoms with Crippen LogP contribution in [0.4, 0.5) is 11.6 Å². The van der Waals surface area contributed by atoms with Gasteiger partial charge in [-0.25, -0.2) is 15.8 Å². The van der Waals surface area contributed by atoms with Crippen molar-refractivity contribution in [3.05, 3.63) is 11.9 Å². The fourth-order valence-electron chi connectivity index (χ4n) is 2.33. The van der Waals surface area contributed by atoms with Gasteiger partial charge in [0, 0.05) is 25.1 Å². The first kappa shape index (κ1) is 14.0. The third-order valence-electron chi connectivity index (χ3n) is 3.53. The summed E-state index contributed by atoms with van der Waals surface area (Å²) in [4.78, 5) is 11.1. The van der Waals surface area contributed by atoms with Crippen LogP contribution in [0.25, 0.3) is 0 Å². The van der Waals surface area contributed by atoms with Gasteiger partial charge in [0.25, 0.3) is 0 Å². The lowest BCUT2D eigenvalue weighted by Crippen LogP contribution is -2.42. The molecule has 1 aromatic rings. The van der Waals surface area contributed by atoms with Crippen LogP contribution in [0, 0.1) is 0 Å². The maximum Gasteiger partial charge on any atom is 0.145 e. The second kappa shape index (κ2) is 6.68. The Morgan fingerprint density at radius 1 is 1.47 bits per heavy atom. The lowest BCUT2D eigenvalue weighted by molar-refractivity contribution is 0.283. The number of nitrogen functional groups attached to an aromatic ring is 1. The molecule has 1 aliphatic carbocycles. The zero-order valence-corrected chi connectivity index (χ0v) is 11.5. The number of aliphatic hydroxyl groups is 1. The number of aliphatic hydroxyl groups excluding tert-OH is 1. The molecule has 19 heavy (non-hydrogen) atoms. The van der Waals surface area contributed by atoms with E-state index in [1.165, 1.54) is 19.3 Å². The molecule has 6 heteroatoms. The van der Waals surface area contributed by atoms with Gasteiger partial charge in [-0.15, -0.1) is 0 Å². The molecule has 1 saturated carbocycles. The first-order valence-corrected chi connectivity index (χ1v) is 7.00. The molecule has 1 aromatic heterocycles. The van der Waals surface area contributed by atoms with Crippen LogP contribution < -0.4 is 16.2 Å². The van der Waals surface area contributed by atoms with Crippen LogP contribution in [0.2, 0.25) is 0 Å². The van der Waals surface area contributed by atoms with Crippen LogP contribution in [0.15, 0.2) is 6.07 Å². The van der Waals surface area contributed by atoms with Crippen LogP contribution in [0.5, 0.6) is 0 Å². The zero-order valence-electron chi connectivity index (χ0n) is 11.5. The Morgan fingerprint density at radius 2 is 2.26 bits per heavy atom. The Kier molecular flexibility index (Phi) is 4.93. The molecular formula is C13H23N5O. The van der Waals surface area contributed by atoms with E-state index >= 15 is 0 Å². The molecule has 0 atom stereocenters. The largest absolute Gasteiger partial charge is 0.395 e. The number of anilines is 2. The fourth-order valence-corrected chi connectivity index (χ4v) is 2.33. The monoisotopic (exact) mass is 265 g/mol. The molecule has 1 aliphatic rings. The van der Waals surface area contributed by atoms with Crippen LogP contribution in [-0.2, 0) is 6.42 Å². The molecule has 0 amide bonds. The third-order valence-corrected chi connectivity index (χ3v) is 3.53. The molecule has 0 aromatic carbocycles. The standard InChI is InChI=1S/C13H23N5O/c1-2-4-11-15-12(17-14)9-13(16-11)18(7-8-19)10-5-3-6-10/h9-10,19H,2-8,14H2,1H3,(H,15,16,17). The van der Waals surface area contributed by atoms with Gasteiger partial charge in [0.1, 0.15) is 17.5 Å². The Morgan fingerprint density at radius 3 is 2.79 bits per heavy atom. The van der Waals surface area contributed by atoms with E-state index in [0.29, 0.717) is 18.4 Å². The van der Waals surface area contributed by atoms with Crippen molar-refractivity contribution in [3.63, 3.8) is 0 Å². The second-order valence-corrected chi connectivity index (χ2v) is 4.92. The molecule has 0 saturated heterocycles. The summed E-state index contributed by atoms with van der Waals surface area (Å²) in [6, 6.07) is 2.34. The predicted octanol–water partition coefficient (Wildman–Crippen LogP) is 1.07. The number of nitrogens with one attached hydrogen (secondary N) is 1. The Balaban J connectivity index is 2.25. The molecule has 0 spiro atoms. The third kappa shape index (κ3) is 3.33. The Labute approximate surface area is 114 Å². The summed E-state index contributed by atoms with van der Waals surface area (Å²) in [7, 11) is 0. The number of rotatable bonds is 7. The van der Waals surface area contributed by atoms with Crippen LogP contribution in [-0.4, -0.2) is 34.3 Å². The van der Waals surface area contributed by atoms with Crippen LogP contribution in [0.1, 0.15) is 38.4 Å². The van der Waals surface area contributed by atoms with Crippen molar-refractivity contribution in [1.82, 2.24) is 9.97 Å². The molecule has 0 aliphatic heterocycles. The lowest BCUT2D eigenvalue weighted by Gasteiger charge is -2.38. The highest BCUT2D eigenvalue weighted by Gasteiger charge is 2.26. The fraction of sp³-hybridized carbons (Fsp3) is 0.692.